The summed E-state index contributed by atoms with van der Waals surface area (Å²) in [6.07, 6.45) is 1.93. The largest absolute Gasteiger partial charge is 0.394 e. The highest BCUT2D eigenvalue weighted by atomic mass is 19.1. The Kier molecular flexibility index (Phi) is 6.28. The number of amides is 1. The summed E-state index contributed by atoms with van der Waals surface area (Å²) in [7, 11) is 0. The number of H-pyrrole nitrogens is 1. The average Bonchev–Trinajstić information content (AvgIpc) is 3.29. The van der Waals surface area contributed by atoms with E-state index >= 15 is 0 Å². The Balaban J connectivity index is 1.64. The van der Waals surface area contributed by atoms with Gasteiger partial charge in [0.1, 0.15) is 11.6 Å². The first-order chi connectivity index (χ1) is 15.9. The highest BCUT2D eigenvalue weighted by molar-refractivity contribution is 6.01. The number of carbonyl (C=O) groups is 1. The monoisotopic (exact) mass is 448 g/mol. The van der Waals surface area contributed by atoms with Gasteiger partial charge in [-0.2, -0.15) is 5.10 Å². The Labute approximate surface area is 189 Å². The van der Waals surface area contributed by atoms with E-state index in [4.69, 9.17) is 0 Å². The minimum atomic E-state index is -1.01. The summed E-state index contributed by atoms with van der Waals surface area (Å²) in [5.74, 6) is -1.53. The van der Waals surface area contributed by atoms with Crippen molar-refractivity contribution in [3.8, 4) is 22.5 Å². The fourth-order valence-electron chi connectivity index (χ4n) is 3.59. The number of hydrogen-bond donors (Lipinski definition) is 3. The van der Waals surface area contributed by atoms with Crippen molar-refractivity contribution in [2.75, 3.05) is 6.61 Å². The van der Waals surface area contributed by atoms with Crippen molar-refractivity contribution in [2.24, 2.45) is 0 Å². The topological polar surface area (TPSA) is 90.9 Å². The third-order valence-electron chi connectivity index (χ3n) is 5.31. The number of halogens is 2. The van der Waals surface area contributed by atoms with Crippen LogP contribution in [0.25, 0.3) is 22.5 Å². The maximum absolute atomic E-state index is 14.9. The van der Waals surface area contributed by atoms with Crippen LogP contribution in [0.5, 0.6) is 0 Å². The van der Waals surface area contributed by atoms with Gasteiger partial charge in [-0.05, 0) is 61.5 Å². The third-order valence-corrected chi connectivity index (χ3v) is 5.31. The quantitative estimate of drug-likeness (QED) is 0.396. The molecule has 0 bridgehead atoms. The zero-order chi connectivity index (χ0) is 23.4. The molecule has 0 radical (unpaired) electrons. The molecule has 1 atom stereocenters. The Morgan fingerprint density at radius 3 is 2.58 bits per heavy atom. The molecule has 4 rings (SSSR count). The minimum absolute atomic E-state index is 0.0500. The van der Waals surface area contributed by atoms with E-state index in [-0.39, 0.29) is 23.6 Å². The Hall–Kier alpha value is -3.91. The predicted octanol–water partition coefficient (Wildman–Crippen LogP) is 4.14. The second-order valence-corrected chi connectivity index (χ2v) is 8.01. The van der Waals surface area contributed by atoms with Gasteiger partial charge in [-0.3, -0.25) is 14.9 Å². The van der Waals surface area contributed by atoms with Gasteiger partial charge in [0.25, 0.3) is 5.91 Å². The summed E-state index contributed by atoms with van der Waals surface area (Å²) in [6.45, 7) is 1.36. The molecule has 0 spiro atoms. The van der Waals surface area contributed by atoms with Crippen molar-refractivity contribution in [3.63, 3.8) is 0 Å². The van der Waals surface area contributed by atoms with E-state index in [9.17, 15) is 18.7 Å². The molecular weight excluding hydrogens is 426 g/mol. The van der Waals surface area contributed by atoms with Gasteiger partial charge >= 0.3 is 0 Å². The summed E-state index contributed by atoms with van der Waals surface area (Å²) < 4.78 is 28.1. The Morgan fingerprint density at radius 2 is 1.88 bits per heavy atom. The van der Waals surface area contributed by atoms with E-state index in [0.717, 1.165) is 0 Å². The Morgan fingerprint density at radius 1 is 1.09 bits per heavy atom. The smallest absolute Gasteiger partial charge is 0.252 e. The lowest BCUT2D eigenvalue weighted by Gasteiger charge is -2.29. The number of pyridine rings is 1. The molecule has 168 valence electrons. The van der Waals surface area contributed by atoms with Crippen molar-refractivity contribution in [1.29, 1.82) is 0 Å². The lowest BCUT2D eigenvalue weighted by atomic mass is 9.94. The van der Waals surface area contributed by atoms with Gasteiger partial charge in [0.15, 0.2) is 0 Å². The second-order valence-electron chi connectivity index (χ2n) is 8.01. The highest BCUT2D eigenvalue weighted by Gasteiger charge is 2.29. The van der Waals surface area contributed by atoms with Crippen molar-refractivity contribution in [3.05, 3.63) is 95.8 Å². The van der Waals surface area contributed by atoms with Gasteiger partial charge < -0.3 is 10.4 Å². The first kappa shape index (κ1) is 22.3. The molecule has 1 amide bonds. The van der Waals surface area contributed by atoms with Crippen LogP contribution in [-0.2, 0) is 6.42 Å². The van der Waals surface area contributed by atoms with E-state index in [0.29, 0.717) is 29.1 Å². The van der Waals surface area contributed by atoms with Crippen LogP contribution in [0, 0.1) is 11.6 Å². The predicted molar refractivity (Wildman–Crippen MR) is 120 cm³/mol. The van der Waals surface area contributed by atoms with E-state index in [1.54, 1.807) is 43.5 Å². The highest BCUT2D eigenvalue weighted by Crippen LogP contribution is 2.29. The molecule has 0 aliphatic carbocycles. The second kappa shape index (κ2) is 9.30. The van der Waals surface area contributed by atoms with Crippen LogP contribution in [0.2, 0.25) is 0 Å². The first-order valence-electron chi connectivity index (χ1n) is 10.3. The normalized spacial score (nSPS) is 12.8. The number of aliphatic hydroxyl groups excluding tert-OH is 1. The number of rotatable bonds is 7. The summed E-state index contributed by atoms with van der Waals surface area (Å²) >= 11 is 0. The fraction of sp³-hybridized carbons (Fsp3) is 0.160. The molecule has 2 aromatic carbocycles. The molecule has 2 heterocycles. The zero-order valence-electron chi connectivity index (χ0n) is 17.8. The van der Waals surface area contributed by atoms with Crippen LogP contribution in [0.1, 0.15) is 23.0 Å². The molecule has 0 saturated heterocycles. The molecule has 33 heavy (non-hydrogen) atoms. The van der Waals surface area contributed by atoms with Crippen LogP contribution in [0.4, 0.5) is 8.78 Å². The summed E-state index contributed by atoms with van der Waals surface area (Å²) in [5, 5.41) is 19.7. The molecule has 0 aliphatic heterocycles. The van der Waals surface area contributed by atoms with Crippen LogP contribution >= 0.6 is 0 Å². The lowest BCUT2D eigenvalue weighted by molar-refractivity contribution is 0.0851. The van der Waals surface area contributed by atoms with Crippen molar-refractivity contribution in [2.45, 2.75) is 18.9 Å². The van der Waals surface area contributed by atoms with Gasteiger partial charge in [0, 0.05) is 29.4 Å². The molecule has 6 nitrogen and oxygen atoms in total. The number of aromatic amines is 1. The van der Waals surface area contributed by atoms with Gasteiger partial charge in [-0.15, -0.1) is 0 Å². The summed E-state index contributed by atoms with van der Waals surface area (Å²) in [6, 6.07) is 17.0. The van der Waals surface area contributed by atoms with Crippen molar-refractivity contribution < 1.29 is 18.7 Å². The zero-order valence-corrected chi connectivity index (χ0v) is 17.8. The number of carbonyl (C=O) groups excluding carboxylic acids is 1. The lowest BCUT2D eigenvalue weighted by Crippen LogP contribution is -2.50. The molecule has 4 aromatic rings. The molecule has 0 fully saturated rings. The fourth-order valence-corrected chi connectivity index (χ4v) is 3.59. The molecule has 2 aromatic heterocycles. The molecule has 3 N–H and O–H groups in total. The average molecular weight is 448 g/mol. The van der Waals surface area contributed by atoms with Crippen molar-refractivity contribution in [1.82, 2.24) is 20.5 Å². The van der Waals surface area contributed by atoms with E-state index in [2.05, 4.69) is 20.5 Å². The SMILES string of the molecule is C[C@](CO)(Cc1ccccn1)NC(=O)c1cccc(F)c1-c1cc(-c2ccc(F)cc2)n[nH]1. The molecule has 0 aliphatic rings. The van der Waals surface area contributed by atoms with E-state index in [1.165, 1.54) is 30.3 Å². The maximum atomic E-state index is 14.9. The summed E-state index contributed by atoms with van der Waals surface area (Å²) in [5.41, 5.74) is 1.25. The van der Waals surface area contributed by atoms with Crippen molar-refractivity contribution >= 4 is 5.91 Å². The van der Waals surface area contributed by atoms with E-state index in [1.807, 2.05) is 6.07 Å². The standard InChI is InChI=1S/C25H22F2N4O2/c1-25(15-32,14-18-5-2-3-12-28-18)29-24(33)19-6-4-7-20(27)23(19)22-13-21(30-31-22)16-8-10-17(26)11-9-16/h2-13,32H,14-15H2,1H3,(H,29,33)(H,30,31)/t25-/m1/s1. The van der Waals surface area contributed by atoms with Gasteiger partial charge in [-0.25, -0.2) is 8.78 Å². The van der Waals surface area contributed by atoms with Crippen LogP contribution in [0.15, 0.2) is 72.9 Å². The number of aliphatic hydroxyl groups is 1. The van der Waals surface area contributed by atoms with Crippen LogP contribution in [-0.4, -0.2) is 38.3 Å². The molecule has 8 heteroatoms. The van der Waals surface area contributed by atoms with E-state index < -0.39 is 17.3 Å². The third kappa shape index (κ3) is 4.96. The molecule has 0 saturated carbocycles. The van der Waals surface area contributed by atoms with Crippen LogP contribution in [0.3, 0.4) is 0 Å². The van der Waals surface area contributed by atoms with Gasteiger partial charge in [0.05, 0.1) is 29.1 Å². The molecular formula is C25H22F2N4O2. The maximum Gasteiger partial charge on any atom is 0.252 e. The number of hydrogen-bond acceptors (Lipinski definition) is 4. The molecule has 0 unspecified atom stereocenters. The van der Waals surface area contributed by atoms with Crippen LogP contribution < -0.4 is 5.32 Å². The number of nitrogens with zero attached hydrogens (tertiary/aromatic N) is 2. The van der Waals surface area contributed by atoms with Gasteiger partial charge in [-0.1, -0.05) is 12.1 Å². The first-order valence-corrected chi connectivity index (χ1v) is 10.3. The van der Waals surface area contributed by atoms with Gasteiger partial charge in [0.2, 0.25) is 0 Å². The number of benzene rings is 2. The number of aromatic nitrogens is 3. The number of nitrogens with one attached hydrogen (secondary N) is 2. The summed E-state index contributed by atoms with van der Waals surface area (Å²) in [4.78, 5) is 17.4. The minimum Gasteiger partial charge on any atom is -0.394 e. The Bertz CT molecular complexity index is 1260.